The van der Waals surface area contributed by atoms with Gasteiger partial charge in [-0.05, 0) is 62.4 Å². The predicted octanol–water partition coefficient (Wildman–Crippen LogP) is 2.67. The molecule has 1 heterocycles. The summed E-state index contributed by atoms with van der Waals surface area (Å²) in [4.78, 5) is 0. The van der Waals surface area contributed by atoms with Crippen molar-refractivity contribution in [1.82, 2.24) is 5.32 Å². The number of rotatable bonds is 2. The maximum Gasteiger partial charge on any atom is -0.00178 e. The molecule has 1 heteroatoms. The summed E-state index contributed by atoms with van der Waals surface area (Å²) in [6, 6.07) is 0. The molecule has 0 spiro atoms. The van der Waals surface area contributed by atoms with Gasteiger partial charge in [0.15, 0.2) is 0 Å². The smallest absolute Gasteiger partial charge is 0.00178 e. The van der Waals surface area contributed by atoms with Gasteiger partial charge in [-0.2, -0.15) is 0 Å². The highest BCUT2D eigenvalue weighted by Gasteiger charge is 2.37. The van der Waals surface area contributed by atoms with Gasteiger partial charge < -0.3 is 5.32 Å². The fourth-order valence-corrected chi connectivity index (χ4v) is 3.42. The van der Waals surface area contributed by atoms with Crippen LogP contribution in [0.3, 0.4) is 0 Å². The molecule has 76 valence electrons. The molecule has 1 aliphatic heterocycles. The van der Waals surface area contributed by atoms with E-state index in [1.54, 1.807) is 0 Å². The zero-order valence-electron chi connectivity index (χ0n) is 9.05. The van der Waals surface area contributed by atoms with Crippen molar-refractivity contribution in [2.45, 2.75) is 39.5 Å². The molecule has 1 nitrogen and oxygen atoms in total. The van der Waals surface area contributed by atoms with Crippen molar-refractivity contribution in [2.24, 2.45) is 23.7 Å². The van der Waals surface area contributed by atoms with Crippen molar-refractivity contribution in [2.75, 3.05) is 13.1 Å². The number of hydrogen-bond donors (Lipinski definition) is 1. The third-order valence-corrected chi connectivity index (χ3v) is 3.95. The fraction of sp³-hybridized carbons (Fsp3) is 1.00. The summed E-state index contributed by atoms with van der Waals surface area (Å²) in [6.45, 7) is 7.32. The minimum absolute atomic E-state index is 0.902. The van der Waals surface area contributed by atoms with E-state index in [0.717, 1.165) is 23.7 Å². The van der Waals surface area contributed by atoms with Crippen LogP contribution in [0, 0.1) is 23.7 Å². The van der Waals surface area contributed by atoms with Crippen LogP contribution in [-0.2, 0) is 0 Å². The first-order chi connectivity index (χ1) is 6.27. The van der Waals surface area contributed by atoms with E-state index in [9.17, 15) is 0 Å². The Hall–Kier alpha value is -0.0400. The summed E-state index contributed by atoms with van der Waals surface area (Å²) in [5.74, 6) is 4.06. The quantitative estimate of drug-likeness (QED) is 0.690. The first-order valence-electron chi connectivity index (χ1n) is 5.98. The number of nitrogens with one attached hydrogen (secondary N) is 1. The summed E-state index contributed by atoms with van der Waals surface area (Å²) in [6.07, 6.45) is 5.92. The monoisotopic (exact) mass is 181 g/mol. The van der Waals surface area contributed by atoms with Crippen LogP contribution in [0.1, 0.15) is 39.5 Å². The van der Waals surface area contributed by atoms with Crippen molar-refractivity contribution in [3.05, 3.63) is 0 Å². The van der Waals surface area contributed by atoms with Gasteiger partial charge in [0.1, 0.15) is 0 Å². The van der Waals surface area contributed by atoms with Gasteiger partial charge in [-0.15, -0.1) is 0 Å². The van der Waals surface area contributed by atoms with E-state index in [4.69, 9.17) is 0 Å². The van der Waals surface area contributed by atoms with E-state index in [2.05, 4.69) is 19.2 Å². The summed E-state index contributed by atoms with van der Waals surface area (Å²) in [7, 11) is 0. The average molecular weight is 181 g/mol. The molecule has 0 aromatic carbocycles. The van der Waals surface area contributed by atoms with Gasteiger partial charge in [-0.25, -0.2) is 0 Å². The van der Waals surface area contributed by atoms with Gasteiger partial charge in [0.05, 0.1) is 0 Å². The van der Waals surface area contributed by atoms with Crippen LogP contribution in [-0.4, -0.2) is 13.1 Å². The molecule has 2 rings (SSSR count). The van der Waals surface area contributed by atoms with Gasteiger partial charge in [-0.3, -0.25) is 0 Å². The van der Waals surface area contributed by atoms with E-state index in [0.29, 0.717) is 0 Å². The van der Waals surface area contributed by atoms with Crippen molar-refractivity contribution in [1.29, 1.82) is 0 Å². The Morgan fingerprint density at radius 1 is 1.23 bits per heavy atom. The van der Waals surface area contributed by atoms with Gasteiger partial charge in [0, 0.05) is 0 Å². The first-order valence-corrected chi connectivity index (χ1v) is 5.98. The Balaban J connectivity index is 1.91. The van der Waals surface area contributed by atoms with Crippen LogP contribution in [0.5, 0.6) is 0 Å². The lowest BCUT2D eigenvalue weighted by Crippen LogP contribution is -2.35. The molecule has 2 aliphatic rings. The molecular weight excluding hydrogens is 158 g/mol. The summed E-state index contributed by atoms with van der Waals surface area (Å²) >= 11 is 0. The molecule has 13 heavy (non-hydrogen) atoms. The van der Waals surface area contributed by atoms with Crippen LogP contribution in [0.25, 0.3) is 0 Å². The highest BCUT2D eigenvalue weighted by molar-refractivity contribution is 4.89. The molecule has 0 bridgehead atoms. The second-order valence-corrected chi connectivity index (χ2v) is 5.38. The fourth-order valence-electron chi connectivity index (χ4n) is 3.42. The number of piperidine rings is 1. The number of hydrogen-bond acceptors (Lipinski definition) is 1. The maximum absolute atomic E-state index is 3.53. The lowest BCUT2D eigenvalue weighted by atomic mass is 9.81. The van der Waals surface area contributed by atoms with Gasteiger partial charge >= 0.3 is 0 Å². The zero-order chi connectivity index (χ0) is 9.26. The topological polar surface area (TPSA) is 12.0 Å². The molecule has 2 fully saturated rings. The van der Waals surface area contributed by atoms with E-state index in [-0.39, 0.29) is 0 Å². The Bertz CT molecular complexity index is 165. The molecule has 0 radical (unpaired) electrons. The van der Waals surface area contributed by atoms with Crippen LogP contribution in [0.4, 0.5) is 0 Å². The molecule has 1 saturated heterocycles. The Labute approximate surface area is 82.3 Å². The molecule has 3 unspecified atom stereocenters. The van der Waals surface area contributed by atoms with E-state index in [1.807, 2.05) is 0 Å². The van der Waals surface area contributed by atoms with Crippen molar-refractivity contribution >= 4 is 0 Å². The molecular formula is C12H23N. The molecule has 1 N–H and O–H groups in total. The average Bonchev–Trinajstić information content (AvgIpc) is 2.48. The predicted molar refractivity (Wildman–Crippen MR) is 56.6 cm³/mol. The van der Waals surface area contributed by atoms with Crippen molar-refractivity contribution < 1.29 is 0 Å². The second-order valence-electron chi connectivity index (χ2n) is 5.38. The van der Waals surface area contributed by atoms with Crippen LogP contribution >= 0.6 is 0 Å². The SMILES string of the molecule is CC(C)CC1CCC2CNCCC21. The normalized spacial score (nSPS) is 39.5. The van der Waals surface area contributed by atoms with Crippen LogP contribution in [0.2, 0.25) is 0 Å². The molecule has 1 saturated carbocycles. The maximum atomic E-state index is 3.53. The van der Waals surface area contributed by atoms with Crippen LogP contribution < -0.4 is 5.32 Å². The minimum atomic E-state index is 0.902. The van der Waals surface area contributed by atoms with E-state index >= 15 is 0 Å². The van der Waals surface area contributed by atoms with Gasteiger partial charge in [0.25, 0.3) is 0 Å². The molecule has 0 amide bonds. The number of fused-ring (bicyclic) bond motifs is 1. The van der Waals surface area contributed by atoms with Crippen molar-refractivity contribution in [3.63, 3.8) is 0 Å². The lowest BCUT2D eigenvalue weighted by molar-refractivity contribution is 0.222. The molecule has 0 aromatic heterocycles. The first kappa shape index (κ1) is 9.51. The van der Waals surface area contributed by atoms with Crippen LogP contribution in [0.15, 0.2) is 0 Å². The minimum Gasteiger partial charge on any atom is -0.316 e. The Morgan fingerprint density at radius 3 is 2.85 bits per heavy atom. The van der Waals surface area contributed by atoms with Gasteiger partial charge in [-0.1, -0.05) is 13.8 Å². The summed E-state index contributed by atoms with van der Waals surface area (Å²) in [5, 5.41) is 3.53. The lowest BCUT2D eigenvalue weighted by Gasteiger charge is -2.30. The second kappa shape index (κ2) is 4.00. The summed E-state index contributed by atoms with van der Waals surface area (Å²) in [5.41, 5.74) is 0. The molecule has 3 atom stereocenters. The van der Waals surface area contributed by atoms with Crippen molar-refractivity contribution in [3.8, 4) is 0 Å². The van der Waals surface area contributed by atoms with E-state index < -0.39 is 0 Å². The highest BCUT2D eigenvalue weighted by Crippen LogP contribution is 2.43. The Morgan fingerprint density at radius 2 is 2.08 bits per heavy atom. The highest BCUT2D eigenvalue weighted by atomic mass is 14.9. The molecule has 1 aliphatic carbocycles. The third kappa shape index (κ3) is 2.07. The largest absolute Gasteiger partial charge is 0.316 e. The standard InChI is InChI=1S/C12H23N/c1-9(2)7-10-3-4-11-8-13-6-5-12(10)11/h9-13H,3-8H2,1-2H3. The van der Waals surface area contributed by atoms with E-state index in [1.165, 1.54) is 38.8 Å². The summed E-state index contributed by atoms with van der Waals surface area (Å²) < 4.78 is 0. The third-order valence-electron chi connectivity index (χ3n) is 3.95. The zero-order valence-corrected chi connectivity index (χ0v) is 9.05. The Kier molecular flexibility index (Phi) is 2.92. The van der Waals surface area contributed by atoms with Gasteiger partial charge in [0.2, 0.25) is 0 Å². The molecule has 0 aromatic rings.